The van der Waals surface area contributed by atoms with Crippen molar-refractivity contribution in [2.45, 2.75) is 88.7 Å². The molecular formula is C80H92I2N4O12+2. The smallest absolute Gasteiger partial charge is 0.205 e. The van der Waals surface area contributed by atoms with Crippen LogP contribution >= 0.6 is 0 Å². The predicted molar refractivity (Wildman–Crippen MR) is 368 cm³/mol. The fourth-order valence-electron chi connectivity index (χ4n) is 16.7. The highest BCUT2D eigenvalue weighted by Crippen LogP contribution is 2.58. The Labute approximate surface area is 611 Å². The second-order valence-corrected chi connectivity index (χ2v) is 29.7. The summed E-state index contributed by atoms with van der Waals surface area (Å²) >= 11 is 0. The number of hydrogen-bond acceptors (Lipinski definition) is 12. The first-order valence-corrected chi connectivity index (χ1v) is 33.9. The monoisotopic (exact) mass is 1550 g/mol. The first-order valence-electron chi connectivity index (χ1n) is 33.9. The molecule has 12 bridgehead atoms. The number of likely N-dealkylation sites (N-methyl/N-ethyl adjacent to an activating group) is 4. The SMILES string of the molecule is COc1cc2c3c(c1OC)Oc1ccc(cc1)C[C@@H]1c4c(cc(OC)c5c4Oc4ccc(cc4CO5)C[C@H]3[N+](C)(C)CC2)CC[N+]1(C)C.COc1cc2c3c(c1OC)Oc1ccc(cc1)C[C@@H]1c4c(cc(OC)c5c4Oc4ccc(cc4CO5)C[C@H]3[N+](C)(C)CC2)CC[N+]1(C)C.[I-].[I-]. The Morgan fingerprint density at radius 3 is 0.918 bits per heavy atom. The molecule has 16 nitrogen and oxygen atoms in total. The van der Waals surface area contributed by atoms with Crippen LogP contribution in [-0.2, 0) is 64.6 Å². The van der Waals surface area contributed by atoms with Crippen LogP contribution in [-0.4, -0.2) is 143 Å². The largest absolute Gasteiger partial charge is 1.00 e. The minimum Gasteiger partial charge on any atom is -1.00 e. The molecule has 0 radical (unpaired) electrons. The van der Waals surface area contributed by atoms with Gasteiger partial charge in [0.1, 0.15) is 60.4 Å². The lowest BCUT2D eigenvalue weighted by atomic mass is 9.85. The topological polar surface area (TPSA) is 111 Å². The van der Waals surface area contributed by atoms with Crippen LogP contribution in [0.1, 0.15) is 102 Å². The maximum Gasteiger partial charge on any atom is 0.205 e. The molecule has 0 N–H and O–H groups in total. The zero-order valence-electron chi connectivity index (χ0n) is 59.0. The van der Waals surface area contributed by atoms with Crippen LogP contribution in [0.4, 0.5) is 0 Å². The summed E-state index contributed by atoms with van der Waals surface area (Å²) in [4.78, 5) is 0. The fourth-order valence-corrected chi connectivity index (χ4v) is 16.7. The number of halogens is 2. The molecule has 0 saturated carbocycles. The van der Waals surface area contributed by atoms with Crippen molar-refractivity contribution in [3.05, 3.63) is 187 Å². The van der Waals surface area contributed by atoms with Gasteiger partial charge in [-0.15, -0.1) is 0 Å². The summed E-state index contributed by atoms with van der Waals surface area (Å²) in [6.45, 7) is 4.81. The van der Waals surface area contributed by atoms with Gasteiger partial charge in [-0.05, 0) is 117 Å². The molecule has 0 amide bonds. The Morgan fingerprint density at radius 1 is 0.306 bits per heavy atom. The van der Waals surface area contributed by atoms with Crippen LogP contribution in [0, 0.1) is 0 Å². The summed E-state index contributed by atoms with van der Waals surface area (Å²) in [7, 11) is 28.7. The van der Waals surface area contributed by atoms with E-state index in [4.69, 9.17) is 56.8 Å². The third-order valence-electron chi connectivity index (χ3n) is 22.5. The van der Waals surface area contributed by atoms with E-state index in [1.807, 2.05) is 0 Å². The highest BCUT2D eigenvalue weighted by atomic mass is 127. The molecule has 0 saturated heterocycles. The Balaban J connectivity index is 0.000000173. The molecule has 8 aromatic rings. The second-order valence-electron chi connectivity index (χ2n) is 29.7. The van der Waals surface area contributed by atoms with Crippen molar-refractivity contribution in [3.63, 3.8) is 0 Å². The molecule has 22 rings (SSSR count). The summed E-state index contributed by atoms with van der Waals surface area (Å²) in [5.41, 5.74) is 16.7. The molecule has 8 aromatic carbocycles. The average Bonchev–Trinajstić information content (AvgIpc) is 1.11. The number of ether oxygens (including phenoxy) is 12. The van der Waals surface area contributed by atoms with Crippen LogP contribution < -0.4 is 105 Å². The highest BCUT2D eigenvalue weighted by Gasteiger charge is 2.47. The number of nitrogens with zero attached hydrogens (tertiary/aromatic N) is 4. The van der Waals surface area contributed by atoms with Gasteiger partial charge in [0.2, 0.25) is 23.0 Å². The Morgan fingerprint density at radius 2 is 0.602 bits per heavy atom. The van der Waals surface area contributed by atoms with E-state index in [1.54, 1.807) is 42.7 Å². The number of rotatable bonds is 6. The maximum atomic E-state index is 6.96. The molecule has 14 aliphatic heterocycles. The van der Waals surface area contributed by atoms with Gasteiger partial charge in [0.25, 0.3) is 0 Å². The number of benzene rings is 8. The first-order chi connectivity index (χ1) is 46.2. The minimum absolute atomic E-state index is 0. The molecule has 0 unspecified atom stereocenters. The van der Waals surface area contributed by atoms with Gasteiger partial charge < -0.3 is 123 Å². The van der Waals surface area contributed by atoms with Crippen molar-refractivity contribution >= 4 is 0 Å². The third-order valence-corrected chi connectivity index (χ3v) is 22.5. The zero-order valence-corrected chi connectivity index (χ0v) is 63.4. The van der Waals surface area contributed by atoms with E-state index in [9.17, 15) is 0 Å². The Hall–Kier alpha value is -7.34. The van der Waals surface area contributed by atoms with E-state index in [0.29, 0.717) is 47.7 Å². The van der Waals surface area contributed by atoms with E-state index >= 15 is 0 Å². The summed E-state index contributed by atoms with van der Waals surface area (Å²) in [5, 5.41) is 0. The standard InChI is InChI=1S/2C40H46N2O6.2HI/c2*1-41(2)16-15-27-22-34(44-6)38-40-36(27)30(41)19-24-8-11-29(12-9-24)47-39-35-26(21-33(43-5)37(39)45-7)14-17-42(3,4)31(35)20-25-10-13-32(48-40)28(18-25)23-46-38;;/h2*8-13,18,21-22,30-31H,14-17,19-20,23H2,1-7H3;2*1H/q2*+2;;/p-2/t2*30-,31-;;/m11../s1. The molecule has 0 aromatic heterocycles. The number of quaternary nitrogens is 4. The second kappa shape index (κ2) is 26.6. The average molecular weight is 1560 g/mol. The summed E-state index contributed by atoms with van der Waals surface area (Å²) in [6.07, 6.45) is 6.98. The summed E-state index contributed by atoms with van der Waals surface area (Å²) in [6, 6.07) is 39.5. The molecule has 18 heteroatoms. The van der Waals surface area contributed by atoms with Gasteiger partial charge in [0.15, 0.2) is 46.0 Å². The Kier molecular flexibility index (Phi) is 18.8. The van der Waals surface area contributed by atoms with Crippen LogP contribution in [0.3, 0.4) is 0 Å². The Bertz CT molecular complexity index is 4120. The van der Waals surface area contributed by atoms with Gasteiger partial charge in [-0.3, -0.25) is 0 Å². The van der Waals surface area contributed by atoms with Crippen molar-refractivity contribution in [3.8, 4) is 92.0 Å². The van der Waals surface area contributed by atoms with Crippen LogP contribution in [0.5, 0.6) is 92.0 Å². The third kappa shape index (κ3) is 12.2. The van der Waals surface area contributed by atoms with Crippen LogP contribution in [0.2, 0.25) is 0 Å². The molecular weight excluding hydrogens is 1460 g/mol. The van der Waals surface area contributed by atoms with Crippen molar-refractivity contribution in [1.82, 2.24) is 0 Å². The van der Waals surface area contributed by atoms with E-state index in [-0.39, 0.29) is 72.1 Å². The van der Waals surface area contributed by atoms with Gasteiger partial charge >= 0.3 is 0 Å². The van der Waals surface area contributed by atoms with Gasteiger partial charge in [-0.25, -0.2) is 0 Å². The quantitative estimate of drug-likeness (QED) is 0.117. The normalized spacial score (nSPS) is 20.6. The van der Waals surface area contributed by atoms with E-state index in [0.717, 1.165) is 164 Å². The van der Waals surface area contributed by atoms with E-state index in [2.05, 4.69) is 166 Å². The minimum atomic E-state index is 0. The number of methoxy groups -OCH3 is 6. The molecule has 14 heterocycles. The van der Waals surface area contributed by atoms with E-state index < -0.39 is 0 Å². The lowest BCUT2D eigenvalue weighted by molar-refractivity contribution is -0.923. The summed E-state index contributed by atoms with van der Waals surface area (Å²) < 4.78 is 79.9. The highest BCUT2D eigenvalue weighted by molar-refractivity contribution is 5.67. The summed E-state index contributed by atoms with van der Waals surface area (Å²) in [5.74, 6) is 11.7. The zero-order chi connectivity index (χ0) is 66.7. The molecule has 0 aliphatic carbocycles. The van der Waals surface area contributed by atoms with Crippen LogP contribution in [0.25, 0.3) is 0 Å². The van der Waals surface area contributed by atoms with Gasteiger partial charge in [0, 0.05) is 62.5 Å². The molecule has 14 aliphatic rings. The molecule has 98 heavy (non-hydrogen) atoms. The maximum absolute atomic E-state index is 6.96. The van der Waals surface area contributed by atoms with E-state index in [1.165, 1.54) is 66.8 Å². The van der Waals surface area contributed by atoms with Crippen molar-refractivity contribution in [2.24, 2.45) is 0 Å². The van der Waals surface area contributed by atoms with Gasteiger partial charge in [0.05, 0.1) is 147 Å². The van der Waals surface area contributed by atoms with Crippen molar-refractivity contribution in [2.75, 3.05) is 125 Å². The lowest BCUT2D eigenvalue weighted by Crippen LogP contribution is -3.00. The fraction of sp³-hybridized carbons (Fsp3) is 0.400. The lowest BCUT2D eigenvalue weighted by Gasteiger charge is -2.44. The molecule has 4 atom stereocenters. The molecule has 0 spiro atoms. The van der Waals surface area contributed by atoms with Crippen molar-refractivity contribution in [1.29, 1.82) is 0 Å². The van der Waals surface area contributed by atoms with Crippen molar-refractivity contribution < 1.29 is 123 Å². The number of hydrogen-bond donors (Lipinski definition) is 0. The van der Waals surface area contributed by atoms with Gasteiger partial charge in [-0.2, -0.15) is 0 Å². The first kappa shape index (κ1) is 69.2. The predicted octanol–water partition coefficient (Wildman–Crippen LogP) is 8.68. The van der Waals surface area contributed by atoms with Crippen LogP contribution in [0.15, 0.2) is 109 Å². The van der Waals surface area contributed by atoms with Gasteiger partial charge in [-0.1, -0.05) is 36.4 Å². The molecule has 0 fully saturated rings. The molecule has 516 valence electrons.